The normalized spacial score (nSPS) is 24.2. The van der Waals surface area contributed by atoms with E-state index in [0.29, 0.717) is 23.4 Å². The van der Waals surface area contributed by atoms with E-state index in [-0.39, 0.29) is 23.7 Å². The molecule has 0 amide bonds. The Hall–Kier alpha value is -2.67. The van der Waals surface area contributed by atoms with Gasteiger partial charge in [0.1, 0.15) is 17.6 Å². The summed E-state index contributed by atoms with van der Waals surface area (Å²) in [5, 5.41) is 1.96. The third-order valence-corrected chi connectivity index (χ3v) is 6.62. The molecule has 0 fully saturated rings. The van der Waals surface area contributed by atoms with Crippen molar-refractivity contribution in [1.29, 1.82) is 0 Å². The monoisotopic (exact) mass is 415 g/mol. The fourth-order valence-electron chi connectivity index (χ4n) is 4.31. The number of rotatable bonds is 3. The van der Waals surface area contributed by atoms with E-state index in [4.69, 9.17) is 4.74 Å². The number of halogens is 2. The van der Waals surface area contributed by atoms with Crippen LogP contribution in [0.4, 0.5) is 8.78 Å². The molecule has 0 saturated carbocycles. The predicted octanol–water partition coefficient (Wildman–Crippen LogP) is 4.77. The van der Waals surface area contributed by atoms with Crippen LogP contribution in [0.5, 0.6) is 0 Å². The molecule has 1 aromatic carbocycles. The zero-order valence-electron chi connectivity index (χ0n) is 15.9. The van der Waals surface area contributed by atoms with Crippen molar-refractivity contribution in [2.45, 2.75) is 31.6 Å². The Labute approximate surface area is 170 Å². The number of Topliss-reactive ketones (excluding diaryl/α,β-unsaturated/α-hetero) is 1. The zero-order chi connectivity index (χ0) is 20.7. The van der Waals surface area contributed by atoms with Crippen LogP contribution in [0, 0.1) is 17.6 Å². The molecule has 1 aliphatic heterocycles. The number of benzene rings is 1. The van der Waals surface area contributed by atoms with Gasteiger partial charge in [0.25, 0.3) is 0 Å². The fourth-order valence-corrected chi connectivity index (χ4v) is 5.14. The van der Waals surface area contributed by atoms with Crippen molar-refractivity contribution in [3.8, 4) is 0 Å². The topological polar surface area (TPSA) is 55.7 Å². The summed E-state index contributed by atoms with van der Waals surface area (Å²) >= 11 is 1.58. The number of allylic oxidation sites excluding steroid dienone is 2. The van der Waals surface area contributed by atoms with Crippen molar-refractivity contribution in [3.63, 3.8) is 0 Å². The molecule has 1 aromatic heterocycles. The molecule has 29 heavy (non-hydrogen) atoms. The summed E-state index contributed by atoms with van der Waals surface area (Å²) in [7, 11) is 1.23. The molecule has 0 saturated heterocycles. The average molecular weight is 415 g/mol. The highest BCUT2D eigenvalue weighted by molar-refractivity contribution is 7.10. The average Bonchev–Trinajstić information content (AvgIpc) is 3.23. The number of carbonyl (C=O) groups excluding carboxylic acids is 2. The highest BCUT2D eigenvalue weighted by Crippen LogP contribution is 2.47. The summed E-state index contributed by atoms with van der Waals surface area (Å²) in [5.74, 6) is -4.06. The van der Waals surface area contributed by atoms with Crippen molar-refractivity contribution in [3.05, 3.63) is 69.1 Å². The highest BCUT2D eigenvalue weighted by atomic mass is 32.1. The van der Waals surface area contributed by atoms with Gasteiger partial charge in [0.2, 0.25) is 0 Å². The van der Waals surface area contributed by atoms with E-state index < -0.39 is 29.4 Å². The Bertz CT molecular complexity index is 1040. The number of ether oxygens (including phenoxy) is 1. The van der Waals surface area contributed by atoms with Crippen LogP contribution in [0.3, 0.4) is 0 Å². The number of hydrogen-bond donors (Lipinski definition) is 0. The summed E-state index contributed by atoms with van der Waals surface area (Å²) in [6, 6.07) is 7.00. The Morgan fingerprint density at radius 3 is 2.72 bits per heavy atom. The molecule has 0 bridgehead atoms. The molecule has 1 unspecified atom stereocenters. The lowest BCUT2D eigenvalue weighted by Gasteiger charge is -2.36. The second kappa shape index (κ2) is 7.63. The van der Waals surface area contributed by atoms with Gasteiger partial charge < -0.3 is 4.74 Å². The Kier molecular flexibility index (Phi) is 5.17. The lowest BCUT2D eigenvalue weighted by molar-refractivity contribution is -0.143. The molecule has 2 aromatic rings. The van der Waals surface area contributed by atoms with Crippen molar-refractivity contribution < 1.29 is 23.1 Å². The number of aliphatic imine (C=N–C) groups is 1. The van der Waals surface area contributed by atoms with Crippen LogP contribution in [-0.4, -0.2) is 24.6 Å². The van der Waals surface area contributed by atoms with Gasteiger partial charge in [-0.15, -0.1) is 11.3 Å². The van der Waals surface area contributed by atoms with Crippen LogP contribution in [0.1, 0.15) is 42.0 Å². The molecule has 3 atom stereocenters. The second-order valence-corrected chi connectivity index (χ2v) is 8.28. The summed E-state index contributed by atoms with van der Waals surface area (Å²) in [5.41, 5.74) is 1.25. The van der Waals surface area contributed by atoms with E-state index in [1.54, 1.807) is 18.3 Å². The molecule has 7 heteroatoms. The van der Waals surface area contributed by atoms with Gasteiger partial charge in [-0.25, -0.2) is 8.78 Å². The van der Waals surface area contributed by atoms with Crippen LogP contribution in [0.2, 0.25) is 0 Å². The quantitative estimate of drug-likeness (QED) is 0.679. The first-order chi connectivity index (χ1) is 13.9. The van der Waals surface area contributed by atoms with Gasteiger partial charge in [0, 0.05) is 40.1 Å². The smallest absolute Gasteiger partial charge is 0.315 e. The van der Waals surface area contributed by atoms with Gasteiger partial charge in [0.15, 0.2) is 5.78 Å². The third-order valence-electron chi connectivity index (χ3n) is 5.58. The molecule has 4 nitrogen and oxygen atoms in total. The number of methoxy groups -OCH3 is 1. The molecule has 1 aliphatic carbocycles. The van der Waals surface area contributed by atoms with E-state index in [0.717, 1.165) is 23.1 Å². The van der Waals surface area contributed by atoms with Gasteiger partial charge >= 0.3 is 5.97 Å². The number of esters is 1. The van der Waals surface area contributed by atoms with Crippen molar-refractivity contribution in [1.82, 2.24) is 0 Å². The number of nitrogens with zero attached hydrogens (tertiary/aromatic N) is 1. The summed E-state index contributed by atoms with van der Waals surface area (Å²) in [4.78, 5) is 31.4. The van der Waals surface area contributed by atoms with Crippen molar-refractivity contribution in [2.75, 3.05) is 7.11 Å². The minimum absolute atomic E-state index is 0.00881. The molecule has 150 valence electrons. The van der Waals surface area contributed by atoms with E-state index in [1.807, 2.05) is 17.5 Å². The zero-order valence-corrected chi connectivity index (χ0v) is 16.8. The first-order valence-corrected chi connectivity index (χ1v) is 10.2. The third kappa shape index (κ3) is 3.44. The Morgan fingerprint density at radius 2 is 2.03 bits per heavy atom. The molecule has 0 spiro atoms. The first-order valence-electron chi connectivity index (χ1n) is 9.28. The van der Waals surface area contributed by atoms with Crippen LogP contribution in [-0.2, 0) is 14.3 Å². The van der Waals surface area contributed by atoms with Crippen molar-refractivity contribution >= 4 is 28.8 Å². The van der Waals surface area contributed by atoms with E-state index in [1.165, 1.54) is 7.11 Å². The van der Waals surface area contributed by atoms with Gasteiger partial charge in [0.05, 0.1) is 7.11 Å². The van der Waals surface area contributed by atoms with E-state index >= 15 is 0 Å². The van der Waals surface area contributed by atoms with Gasteiger partial charge in [-0.3, -0.25) is 14.6 Å². The minimum atomic E-state index is -0.975. The van der Waals surface area contributed by atoms with Gasteiger partial charge in [-0.2, -0.15) is 0 Å². The lowest BCUT2D eigenvalue weighted by atomic mass is 9.70. The summed E-state index contributed by atoms with van der Waals surface area (Å²) in [6.45, 7) is 1.66. The number of ketones is 1. The first kappa shape index (κ1) is 19.6. The molecule has 0 N–H and O–H groups in total. The standard InChI is InChI=1S/C22H19F2NO3S/c1-11-19(22(27)28-2)20(14-10-13(23)5-6-15(14)24)21-16(25-11)8-12(9-17(21)26)18-4-3-7-29-18/h3-7,10,12,19-20H,8-9H2,1-2H3/t12-,19?,20-/m1/s1. The molecule has 4 rings (SSSR count). The van der Waals surface area contributed by atoms with E-state index in [2.05, 4.69) is 4.99 Å². The van der Waals surface area contributed by atoms with Gasteiger partial charge in [-0.1, -0.05) is 6.07 Å². The van der Waals surface area contributed by atoms with Crippen LogP contribution >= 0.6 is 11.3 Å². The maximum absolute atomic E-state index is 14.7. The maximum Gasteiger partial charge on any atom is 0.315 e. The van der Waals surface area contributed by atoms with Crippen molar-refractivity contribution in [2.24, 2.45) is 10.9 Å². The fraction of sp³-hybridized carbons (Fsp3) is 0.318. The van der Waals surface area contributed by atoms with Gasteiger partial charge in [-0.05, 0) is 48.6 Å². The molecule has 2 heterocycles. The van der Waals surface area contributed by atoms with Crippen LogP contribution in [0.25, 0.3) is 0 Å². The number of hydrogen-bond acceptors (Lipinski definition) is 5. The lowest BCUT2D eigenvalue weighted by Crippen LogP contribution is -2.38. The highest BCUT2D eigenvalue weighted by Gasteiger charge is 2.45. The van der Waals surface area contributed by atoms with E-state index in [9.17, 15) is 18.4 Å². The Morgan fingerprint density at radius 1 is 1.24 bits per heavy atom. The molecular formula is C22H19F2NO3S. The van der Waals surface area contributed by atoms with Crippen LogP contribution in [0.15, 0.2) is 52.0 Å². The number of carbonyl (C=O) groups is 2. The largest absolute Gasteiger partial charge is 0.468 e. The van der Waals surface area contributed by atoms with Crippen LogP contribution < -0.4 is 0 Å². The molecular weight excluding hydrogens is 396 g/mol. The molecule has 2 aliphatic rings. The minimum Gasteiger partial charge on any atom is -0.468 e. The molecule has 0 radical (unpaired) electrons. The SMILES string of the molecule is COC(=O)C1C(C)=NC2=C(C(=O)C[C@H](c3cccs3)C2)[C@@H]1c1cc(F)ccc1F. The second-order valence-electron chi connectivity index (χ2n) is 7.30. The Balaban J connectivity index is 1.87. The summed E-state index contributed by atoms with van der Waals surface area (Å²) < 4.78 is 33.6. The summed E-state index contributed by atoms with van der Waals surface area (Å²) in [6.07, 6.45) is 0.759. The number of thiophene rings is 1. The maximum atomic E-state index is 14.7. The predicted molar refractivity (Wildman–Crippen MR) is 106 cm³/mol.